The second-order valence-electron chi connectivity index (χ2n) is 5.73. The third-order valence-electron chi connectivity index (χ3n) is 4.04. The Hall–Kier alpha value is -3.48. The number of hydrogen-bond donors (Lipinski definition) is 0. The van der Waals surface area contributed by atoms with E-state index in [0.717, 1.165) is 5.56 Å². The average Bonchev–Trinajstić information content (AvgIpc) is 3.08. The molecular weight excluding hydrogens is 334 g/mol. The first kappa shape index (κ1) is 17.3. The number of rotatable bonds is 6. The van der Waals surface area contributed by atoms with Gasteiger partial charge < -0.3 is 9.30 Å². The molecule has 0 saturated carbocycles. The Balaban J connectivity index is 1.84. The van der Waals surface area contributed by atoms with Crippen LogP contribution in [0, 0.1) is 10.1 Å². The van der Waals surface area contributed by atoms with Gasteiger partial charge in [-0.25, -0.2) is 9.78 Å². The lowest BCUT2D eigenvalue weighted by molar-refractivity contribution is -0.385. The summed E-state index contributed by atoms with van der Waals surface area (Å²) in [5, 5.41) is 11.2. The lowest BCUT2D eigenvalue weighted by Gasteiger charge is -2.09. The molecule has 0 spiro atoms. The maximum atomic E-state index is 11.7. The molecule has 0 atom stereocenters. The maximum Gasteiger partial charge on any atom is 0.337 e. The van der Waals surface area contributed by atoms with Crippen LogP contribution in [-0.4, -0.2) is 27.6 Å². The molecule has 2 aromatic carbocycles. The van der Waals surface area contributed by atoms with Crippen molar-refractivity contribution in [2.45, 2.75) is 13.0 Å². The van der Waals surface area contributed by atoms with Crippen LogP contribution in [0.15, 0.2) is 60.9 Å². The number of nitro groups is 1. The normalized spacial score (nSPS) is 10.5. The van der Waals surface area contributed by atoms with Gasteiger partial charge in [-0.05, 0) is 17.7 Å². The number of benzene rings is 2. The number of carbonyl (C=O) groups excluding carboxylic acids is 1. The molecule has 0 aliphatic heterocycles. The van der Waals surface area contributed by atoms with Crippen molar-refractivity contribution in [3.05, 3.63) is 93.6 Å². The quantitative estimate of drug-likeness (QED) is 0.386. The number of aromatic nitrogens is 2. The minimum Gasteiger partial charge on any atom is -0.465 e. The minimum absolute atomic E-state index is 0.0785. The fourth-order valence-electron chi connectivity index (χ4n) is 2.77. The van der Waals surface area contributed by atoms with Crippen molar-refractivity contribution in [3.63, 3.8) is 0 Å². The van der Waals surface area contributed by atoms with Gasteiger partial charge in [0.2, 0.25) is 0 Å². The summed E-state index contributed by atoms with van der Waals surface area (Å²) in [5.74, 6) is 0.320. The summed E-state index contributed by atoms with van der Waals surface area (Å²) < 4.78 is 6.65. The molecule has 1 heterocycles. The summed E-state index contributed by atoms with van der Waals surface area (Å²) in [6.07, 6.45) is 3.82. The summed E-state index contributed by atoms with van der Waals surface area (Å²) in [4.78, 5) is 26.8. The Bertz CT molecular complexity index is 949. The number of imidazole rings is 1. The Morgan fingerprint density at radius 2 is 2.04 bits per heavy atom. The molecule has 7 nitrogen and oxygen atoms in total. The number of carbonyl (C=O) groups is 1. The Morgan fingerprint density at radius 1 is 1.23 bits per heavy atom. The van der Waals surface area contributed by atoms with Gasteiger partial charge in [-0.2, -0.15) is 0 Å². The SMILES string of the molecule is COC(=O)c1cccc(Cn2ccnc2Cc2ccccc2[N+](=O)[O-])c1. The summed E-state index contributed by atoms with van der Waals surface area (Å²) in [6.45, 7) is 0.501. The van der Waals surface area contributed by atoms with Gasteiger partial charge in [0.25, 0.3) is 5.69 Å². The van der Waals surface area contributed by atoms with Gasteiger partial charge in [0, 0.05) is 37.0 Å². The van der Waals surface area contributed by atoms with E-state index in [1.165, 1.54) is 13.2 Å². The van der Waals surface area contributed by atoms with Crippen molar-refractivity contribution in [2.24, 2.45) is 0 Å². The van der Waals surface area contributed by atoms with Crippen molar-refractivity contribution in [2.75, 3.05) is 7.11 Å². The topological polar surface area (TPSA) is 87.3 Å². The standard InChI is InChI=1S/C19H17N3O4/c1-26-19(23)16-7-4-5-14(11-16)13-21-10-9-20-18(21)12-15-6-2-3-8-17(15)22(24)25/h2-11H,12-13H2,1H3. The zero-order valence-corrected chi connectivity index (χ0v) is 14.2. The van der Waals surface area contributed by atoms with Crippen LogP contribution in [0.2, 0.25) is 0 Å². The first-order chi connectivity index (χ1) is 12.6. The lowest BCUT2D eigenvalue weighted by atomic mass is 10.1. The molecule has 0 bridgehead atoms. The molecule has 0 N–H and O–H groups in total. The molecule has 0 saturated heterocycles. The van der Waals surface area contributed by atoms with Gasteiger partial charge in [-0.1, -0.05) is 30.3 Å². The molecule has 1 aromatic heterocycles. The van der Waals surface area contributed by atoms with Gasteiger partial charge >= 0.3 is 5.97 Å². The third-order valence-corrected chi connectivity index (χ3v) is 4.04. The highest BCUT2D eigenvalue weighted by molar-refractivity contribution is 5.89. The number of para-hydroxylation sites is 1. The van der Waals surface area contributed by atoms with Crippen molar-refractivity contribution >= 4 is 11.7 Å². The number of esters is 1. The molecule has 3 aromatic rings. The van der Waals surface area contributed by atoms with E-state index in [4.69, 9.17) is 4.74 Å². The van der Waals surface area contributed by atoms with Crippen molar-refractivity contribution < 1.29 is 14.5 Å². The van der Waals surface area contributed by atoms with Crippen LogP contribution in [-0.2, 0) is 17.7 Å². The van der Waals surface area contributed by atoms with Crippen LogP contribution in [0.5, 0.6) is 0 Å². The maximum absolute atomic E-state index is 11.7. The van der Waals surface area contributed by atoms with Crippen LogP contribution in [0.4, 0.5) is 5.69 Å². The van der Waals surface area contributed by atoms with Crippen LogP contribution in [0.3, 0.4) is 0 Å². The number of nitro benzene ring substituents is 1. The zero-order chi connectivity index (χ0) is 18.5. The minimum atomic E-state index is -0.391. The van der Waals surface area contributed by atoms with E-state index in [2.05, 4.69) is 4.98 Å². The first-order valence-corrected chi connectivity index (χ1v) is 7.98. The van der Waals surface area contributed by atoms with E-state index in [0.29, 0.717) is 29.9 Å². The Morgan fingerprint density at radius 3 is 2.81 bits per heavy atom. The zero-order valence-electron chi connectivity index (χ0n) is 14.2. The average molecular weight is 351 g/mol. The lowest BCUT2D eigenvalue weighted by Crippen LogP contribution is -2.08. The van der Waals surface area contributed by atoms with Crippen molar-refractivity contribution in [3.8, 4) is 0 Å². The van der Waals surface area contributed by atoms with Crippen LogP contribution in [0.25, 0.3) is 0 Å². The largest absolute Gasteiger partial charge is 0.465 e. The predicted molar refractivity (Wildman–Crippen MR) is 95.0 cm³/mol. The second-order valence-corrected chi connectivity index (χ2v) is 5.73. The van der Waals surface area contributed by atoms with E-state index < -0.39 is 5.97 Å². The van der Waals surface area contributed by atoms with Gasteiger partial charge in [0.15, 0.2) is 0 Å². The van der Waals surface area contributed by atoms with E-state index >= 15 is 0 Å². The molecule has 0 aliphatic rings. The van der Waals surface area contributed by atoms with Crippen LogP contribution >= 0.6 is 0 Å². The predicted octanol–water partition coefficient (Wildman–Crippen LogP) is 3.22. The van der Waals surface area contributed by atoms with Gasteiger partial charge in [-0.15, -0.1) is 0 Å². The van der Waals surface area contributed by atoms with Crippen LogP contribution < -0.4 is 0 Å². The smallest absolute Gasteiger partial charge is 0.337 e. The molecular formula is C19H17N3O4. The number of ether oxygens (including phenoxy) is 1. The van der Waals surface area contributed by atoms with Crippen molar-refractivity contribution in [1.82, 2.24) is 9.55 Å². The molecule has 7 heteroatoms. The summed E-state index contributed by atoms with van der Waals surface area (Å²) in [7, 11) is 1.34. The number of nitrogens with zero attached hydrogens (tertiary/aromatic N) is 3. The summed E-state index contributed by atoms with van der Waals surface area (Å²) in [5.41, 5.74) is 2.07. The molecule has 0 aliphatic carbocycles. The molecule has 0 unspecified atom stereocenters. The Kier molecular flexibility index (Phi) is 5.07. The molecule has 0 amide bonds. The third kappa shape index (κ3) is 3.77. The molecule has 0 fully saturated rings. The molecule has 26 heavy (non-hydrogen) atoms. The highest BCUT2D eigenvalue weighted by Gasteiger charge is 2.15. The summed E-state index contributed by atoms with van der Waals surface area (Å²) in [6, 6.07) is 13.8. The fourth-order valence-corrected chi connectivity index (χ4v) is 2.77. The number of methoxy groups -OCH3 is 1. The molecule has 3 rings (SSSR count). The number of hydrogen-bond acceptors (Lipinski definition) is 5. The molecule has 132 valence electrons. The summed E-state index contributed by atoms with van der Waals surface area (Å²) >= 11 is 0. The second kappa shape index (κ2) is 7.60. The van der Waals surface area contributed by atoms with Gasteiger partial charge in [-0.3, -0.25) is 10.1 Å². The molecule has 0 radical (unpaired) electrons. The monoisotopic (exact) mass is 351 g/mol. The first-order valence-electron chi connectivity index (χ1n) is 7.98. The van der Waals surface area contributed by atoms with E-state index in [-0.39, 0.29) is 10.6 Å². The van der Waals surface area contributed by atoms with Gasteiger partial charge in [0.05, 0.1) is 17.6 Å². The van der Waals surface area contributed by atoms with E-state index in [1.807, 2.05) is 16.8 Å². The van der Waals surface area contributed by atoms with Gasteiger partial charge in [0.1, 0.15) is 5.82 Å². The fraction of sp³-hybridized carbons (Fsp3) is 0.158. The van der Waals surface area contributed by atoms with E-state index in [1.54, 1.807) is 42.6 Å². The Labute approximate surface area is 150 Å². The van der Waals surface area contributed by atoms with E-state index in [9.17, 15) is 14.9 Å². The van der Waals surface area contributed by atoms with Crippen LogP contribution in [0.1, 0.15) is 27.3 Å². The highest BCUT2D eigenvalue weighted by Crippen LogP contribution is 2.21. The van der Waals surface area contributed by atoms with Crippen molar-refractivity contribution in [1.29, 1.82) is 0 Å². The highest BCUT2D eigenvalue weighted by atomic mass is 16.6.